The molecule has 2 N–H and O–H groups in total. The van der Waals surface area contributed by atoms with Gasteiger partial charge in [-0.3, -0.25) is 23.9 Å². The van der Waals surface area contributed by atoms with Crippen molar-refractivity contribution < 1.29 is 23.2 Å². The molecule has 0 bridgehead atoms. The first kappa shape index (κ1) is 24.0. The summed E-state index contributed by atoms with van der Waals surface area (Å²) in [6.07, 6.45) is -4.27. The van der Waals surface area contributed by atoms with Crippen LogP contribution in [0.4, 0.5) is 13.2 Å². The van der Waals surface area contributed by atoms with E-state index in [-0.39, 0.29) is 29.6 Å². The SMILES string of the molecule is O=C(NO)c1ccc(Cn2c(=O)n(CCc3ccccc3)c(=O)c3ccc(C(F)(F)F)cc32)cc1. The molecule has 4 rings (SSSR count). The Morgan fingerprint density at radius 1 is 0.886 bits per heavy atom. The molecule has 0 atom stereocenters. The standard InChI is InChI=1S/C25H20F3N3O4/c26-25(27,28)19-10-11-20-21(14-19)31(15-17-6-8-18(9-7-17)22(32)29-35)24(34)30(23(20)33)13-12-16-4-2-1-3-5-16/h1-11,14,35H,12-13,15H2,(H,29,32). The molecule has 3 aromatic carbocycles. The average molecular weight is 483 g/mol. The van der Waals surface area contributed by atoms with Crippen molar-refractivity contribution in [2.45, 2.75) is 25.7 Å². The van der Waals surface area contributed by atoms with E-state index in [1.165, 1.54) is 29.7 Å². The molecule has 1 aromatic heterocycles. The monoisotopic (exact) mass is 483 g/mol. The fourth-order valence-electron chi connectivity index (χ4n) is 3.84. The highest BCUT2D eigenvalue weighted by atomic mass is 19.4. The normalized spacial score (nSPS) is 11.5. The van der Waals surface area contributed by atoms with Gasteiger partial charge in [-0.05, 0) is 47.9 Å². The number of amides is 1. The van der Waals surface area contributed by atoms with Crippen molar-refractivity contribution in [3.05, 3.63) is 116 Å². The fourth-order valence-corrected chi connectivity index (χ4v) is 3.84. The van der Waals surface area contributed by atoms with Crippen LogP contribution in [-0.4, -0.2) is 20.2 Å². The van der Waals surface area contributed by atoms with E-state index < -0.39 is 28.9 Å². The number of nitrogens with one attached hydrogen (secondary N) is 1. The van der Waals surface area contributed by atoms with Crippen molar-refractivity contribution in [3.8, 4) is 0 Å². The van der Waals surface area contributed by atoms with E-state index in [0.717, 1.165) is 32.9 Å². The maximum absolute atomic E-state index is 13.4. The number of hydroxylamine groups is 1. The highest BCUT2D eigenvalue weighted by Gasteiger charge is 2.31. The molecule has 1 heterocycles. The number of alkyl halides is 3. The minimum absolute atomic E-state index is 0.0121. The molecule has 0 aliphatic rings. The minimum Gasteiger partial charge on any atom is -0.289 e. The summed E-state index contributed by atoms with van der Waals surface area (Å²) in [5.74, 6) is -0.733. The maximum atomic E-state index is 13.4. The average Bonchev–Trinajstić information content (AvgIpc) is 2.86. The molecule has 7 nitrogen and oxygen atoms in total. The van der Waals surface area contributed by atoms with Crippen LogP contribution in [0.25, 0.3) is 10.9 Å². The summed E-state index contributed by atoms with van der Waals surface area (Å²) in [5, 5.41) is 8.75. The number of benzene rings is 3. The lowest BCUT2D eigenvalue weighted by Crippen LogP contribution is -2.40. The first-order chi connectivity index (χ1) is 16.7. The van der Waals surface area contributed by atoms with Crippen molar-refractivity contribution in [1.82, 2.24) is 14.6 Å². The Kier molecular flexibility index (Phi) is 6.57. The molecule has 10 heteroatoms. The second kappa shape index (κ2) is 9.59. The van der Waals surface area contributed by atoms with Crippen molar-refractivity contribution >= 4 is 16.8 Å². The zero-order valence-corrected chi connectivity index (χ0v) is 18.2. The number of halogens is 3. The lowest BCUT2D eigenvalue weighted by Gasteiger charge is -2.16. The second-order valence-corrected chi connectivity index (χ2v) is 7.93. The second-order valence-electron chi connectivity index (χ2n) is 7.93. The number of hydrogen-bond donors (Lipinski definition) is 2. The zero-order chi connectivity index (χ0) is 25.2. The topological polar surface area (TPSA) is 93.3 Å². The van der Waals surface area contributed by atoms with Crippen molar-refractivity contribution in [3.63, 3.8) is 0 Å². The summed E-state index contributed by atoms with van der Waals surface area (Å²) in [6.45, 7) is -0.0858. The molecule has 0 aliphatic heterocycles. The van der Waals surface area contributed by atoms with Gasteiger partial charge in [-0.1, -0.05) is 42.5 Å². The van der Waals surface area contributed by atoms with Gasteiger partial charge in [0, 0.05) is 12.1 Å². The van der Waals surface area contributed by atoms with Gasteiger partial charge in [0.1, 0.15) is 0 Å². The summed E-state index contributed by atoms with van der Waals surface area (Å²) >= 11 is 0. The third-order valence-electron chi connectivity index (χ3n) is 5.68. The van der Waals surface area contributed by atoms with Crippen LogP contribution in [0.3, 0.4) is 0 Å². The van der Waals surface area contributed by atoms with E-state index in [2.05, 4.69) is 0 Å². The third-order valence-corrected chi connectivity index (χ3v) is 5.68. The number of hydrogen-bond acceptors (Lipinski definition) is 4. The first-order valence-corrected chi connectivity index (χ1v) is 10.6. The van der Waals surface area contributed by atoms with E-state index >= 15 is 0 Å². The maximum Gasteiger partial charge on any atom is 0.416 e. The molecule has 0 saturated heterocycles. The van der Waals surface area contributed by atoms with E-state index in [4.69, 9.17) is 5.21 Å². The van der Waals surface area contributed by atoms with Crippen LogP contribution in [0.5, 0.6) is 0 Å². The predicted molar refractivity (Wildman–Crippen MR) is 122 cm³/mol. The van der Waals surface area contributed by atoms with E-state index in [1.807, 2.05) is 30.3 Å². The van der Waals surface area contributed by atoms with Crippen LogP contribution < -0.4 is 16.7 Å². The Bertz CT molecular complexity index is 1490. The van der Waals surface area contributed by atoms with Crippen LogP contribution in [0.1, 0.15) is 27.0 Å². The predicted octanol–water partition coefficient (Wildman–Crippen LogP) is 3.59. The highest BCUT2D eigenvalue weighted by molar-refractivity contribution is 5.93. The summed E-state index contributed by atoms with van der Waals surface area (Å²) in [6, 6.07) is 17.7. The number of carbonyl (C=O) groups is 1. The van der Waals surface area contributed by atoms with E-state index in [9.17, 15) is 27.6 Å². The van der Waals surface area contributed by atoms with Gasteiger partial charge < -0.3 is 0 Å². The van der Waals surface area contributed by atoms with Gasteiger partial charge in [0.05, 0.1) is 23.0 Å². The molecule has 0 aliphatic carbocycles. The fraction of sp³-hybridized carbons (Fsp3) is 0.160. The largest absolute Gasteiger partial charge is 0.416 e. The van der Waals surface area contributed by atoms with Gasteiger partial charge in [0.2, 0.25) is 0 Å². The molecule has 0 unspecified atom stereocenters. The number of aryl methyl sites for hydroxylation is 1. The summed E-state index contributed by atoms with van der Waals surface area (Å²) in [5.41, 5.74) is 0.546. The van der Waals surface area contributed by atoms with Gasteiger partial charge in [0.15, 0.2) is 0 Å². The Hall–Kier alpha value is -4.18. The summed E-state index contributed by atoms with van der Waals surface area (Å²) < 4.78 is 42.3. The quantitative estimate of drug-likeness (QED) is 0.324. The molecule has 0 spiro atoms. The molecule has 0 fully saturated rings. The van der Waals surface area contributed by atoms with Crippen molar-refractivity contribution in [1.29, 1.82) is 0 Å². The Labute approximate surface area is 196 Å². The van der Waals surface area contributed by atoms with E-state index in [0.29, 0.717) is 12.0 Å². The first-order valence-electron chi connectivity index (χ1n) is 10.6. The molecular weight excluding hydrogens is 463 g/mol. The van der Waals surface area contributed by atoms with Crippen molar-refractivity contribution in [2.24, 2.45) is 0 Å². The van der Waals surface area contributed by atoms with Crippen LogP contribution in [0.2, 0.25) is 0 Å². The Morgan fingerprint density at radius 3 is 2.20 bits per heavy atom. The lowest BCUT2D eigenvalue weighted by atomic mass is 10.1. The molecule has 180 valence electrons. The molecule has 35 heavy (non-hydrogen) atoms. The molecule has 1 amide bonds. The van der Waals surface area contributed by atoms with Gasteiger partial charge in [0.25, 0.3) is 11.5 Å². The number of fused-ring (bicyclic) bond motifs is 1. The molecule has 4 aromatic rings. The summed E-state index contributed by atoms with van der Waals surface area (Å²) in [4.78, 5) is 38.0. The van der Waals surface area contributed by atoms with Crippen LogP contribution >= 0.6 is 0 Å². The van der Waals surface area contributed by atoms with Crippen LogP contribution in [0, 0.1) is 0 Å². The molecular formula is C25H20F3N3O4. The van der Waals surface area contributed by atoms with Gasteiger partial charge in [-0.2, -0.15) is 13.2 Å². The number of aromatic nitrogens is 2. The number of rotatable bonds is 6. The van der Waals surface area contributed by atoms with E-state index in [1.54, 1.807) is 0 Å². The van der Waals surface area contributed by atoms with Gasteiger partial charge in [-0.25, -0.2) is 10.3 Å². The van der Waals surface area contributed by atoms with Crippen LogP contribution in [0.15, 0.2) is 82.4 Å². The molecule has 0 saturated carbocycles. The Morgan fingerprint density at radius 2 is 1.57 bits per heavy atom. The third kappa shape index (κ3) is 5.02. The Balaban J connectivity index is 1.84. The lowest BCUT2D eigenvalue weighted by molar-refractivity contribution is -0.137. The smallest absolute Gasteiger partial charge is 0.289 e. The van der Waals surface area contributed by atoms with Crippen molar-refractivity contribution in [2.75, 3.05) is 0 Å². The number of carbonyl (C=O) groups excluding carboxylic acids is 1. The zero-order valence-electron chi connectivity index (χ0n) is 18.2. The van der Waals surface area contributed by atoms with Gasteiger partial charge >= 0.3 is 11.9 Å². The summed E-state index contributed by atoms with van der Waals surface area (Å²) in [7, 11) is 0. The highest BCUT2D eigenvalue weighted by Crippen LogP contribution is 2.30. The molecule has 0 radical (unpaired) electrons. The number of nitrogens with zero attached hydrogens (tertiary/aromatic N) is 2. The minimum atomic E-state index is -4.66. The van der Waals surface area contributed by atoms with Gasteiger partial charge in [-0.15, -0.1) is 0 Å². The van der Waals surface area contributed by atoms with Crippen LogP contribution in [-0.2, 0) is 25.7 Å².